The van der Waals surface area contributed by atoms with Gasteiger partial charge in [-0.2, -0.15) is 0 Å². The number of hydrogen-bond donors (Lipinski definition) is 2. The average Bonchev–Trinajstić information content (AvgIpc) is 2.75. The third kappa shape index (κ3) is 5.05. The molecule has 5 nitrogen and oxygen atoms in total. The monoisotopic (exact) mass is 380 g/mol. The zero-order chi connectivity index (χ0) is 19.9. The summed E-state index contributed by atoms with van der Waals surface area (Å²) in [5.41, 5.74) is 2.74. The van der Waals surface area contributed by atoms with E-state index in [0.717, 1.165) is 16.8 Å². The summed E-state index contributed by atoms with van der Waals surface area (Å²) in [6.45, 7) is 0. The van der Waals surface area contributed by atoms with E-state index in [2.05, 4.69) is 20.6 Å². The number of carbonyl (C=O) groups is 1. The normalized spacial score (nSPS) is 10.3. The number of aromatic nitrogens is 2. The molecular formula is C24H20N4O. The molecule has 4 rings (SSSR count). The number of nitrogens with zero attached hydrogens (tertiary/aromatic N) is 2. The van der Waals surface area contributed by atoms with Gasteiger partial charge in [0.1, 0.15) is 11.6 Å². The lowest BCUT2D eigenvalue weighted by Crippen LogP contribution is -2.16. The Morgan fingerprint density at radius 1 is 0.724 bits per heavy atom. The Hall–Kier alpha value is -3.99. The van der Waals surface area contributed by atoms with E-state index in [1.165, 1.54) is 0 Å². The van der Waals surface area contributed by atoms with Gasteiger partial charge in [0.2, 0.25) is 5.91 Å². The quantitative estimate of drug-likeness (QED) is 0.490. The zero-order valence-corrected chi connectivity index (χ0v) is 15.7. The Morgan fingerprint density at radius 2 is 1.31 bits per heavy atom. The van der Waals surface area contributed by atoms with Gasteiger partial charge in [-0.1, -0.05) is 78.9 Å². The van der Waals surface area contributed by atoms with Gasteiger partial charge in [-0.15, -0.1) is 0 Å². The van der Waals surface area contributed by atoms with E-state index in [1.54, 1.807) is 6.07 Å². The second-order valence-electron chi connectivity index (χ2n) is 6.53. The molecule has 4 aromatic rings. The predicted molar refractivity (Wildman–Crippen MR) is 116 cm³/mol. The molecule has 3 aromatic carbocycles. The van der Waals surface area contributed by atoms with Crippen LogP contribution in [0, 0.1) is 0 Å². The first-order valence-corrected chi connectivity index (χ1v) is 9.37. The lowest BCUT2D eigenvalue weighted by Gasteiger charge is -2.11. The maximum absolute atomic E-state index is 12.5. The molecule has 0 aliphatic rings. The molecule has 0 unspecified atom stereocenters. The predicted octanol–water partition coefficient (Wildman–Crippen LogP) is 5.07. The summed E-state index contributed by atoms with van der Waals surface area (Å²) in [4.78, 5) is 21.7. The SMILES string of the molecule is O=C(Cc1ccccc1)Nc1cc(Nc2ccccc2)nc(-c2ccccc2)n1. The second kappa shape index (κ2) is 8.80. The van der Waals surface area contributed by atoms with Gasteiger partial charge in [-0.05, 0) is 17.7 Å². The van der Waals surface area contributed by atoms with Gasteiger partial charge in [0, 0.05) is 17.3 Å². The van der Waals surface area contributed by atoms with Crippen molar-refractivity contribution < 1.29 is 4.79 Å². The van der Waals surface area contributed by atoms with Crippen molar-refractivity contribution in [3.8, 4) is 11.4 Å². The molecule has 0 radical (unpaired) electrons. The molecular weight excluding hydrogens is 360 g/mol. The first-order chi connectivity index (χ1) is 14.3. The molecule has 0 aliphatic heterocycles. The highest BCUT2D eigenvalue weighted by Crippen LogP contribution is 2.22. The van der Waals surface area contributed by atoms with E-state index in [-0.39, 0.29) is 12.3 Å². The molecule has 29 heavy (non-hydrogen) atoms. The standard InChI is InChI=1S/C24H20N4O/c29-23(16-18-10-4-1-5-11-18)26-22-17-21(25-20-14-8-3-9-15-20)27-24(28-22)19-12-6-2-7-13-19/h1-15,17H,16H2,(H2,25,26,27,28,29). The third-order valence-corrected chi connectivity index (χ3v) is 4.28. The summed E-state index contributed by atoms with van der Waals surface area (Å²) >= 11 is 0. The number of hydrogen-bond acceptors (Lipinski definition) is 4. The highest BCUT2D eigenvalue weighted by atomic mass is 16.1. The second-order valence-corrected chi connectivity index (χ2v) is 6.53. The molecule has 0 bridgehead atoms. The average molecular weight is 380 g/mol. The fraction of sp³-hybridized carbons (Fsp3) is 0.0417. The van der Waals surface area contributed by atoms with E-state index in [4.69, 9.17) is 0 Å². The van der Waals surface area contributed by atoms with Crippen molar-refractivity contribution in [2.75, 3.05) is 10.6 Å². The van der Waals surface area contributed by atoms with Gasteiger partial charge in [0.15, 0.2) is 5.82 Å². The van der Waals surface area contributed by atoms with Crippen molar-refractivity contribution in [1.82, 2.24) is 9.97 Å². The largest absolute Gasteiger partial charge is 0.340 e. The molecule has 0 atom stereocenters. The van der Waals surface area contributed by atoms with Gasteiger partial charge in [-0.25, -0.2) is 9.97 Å². The van der Waals surface area contributed by atoms with Crippen LogP contribution >= 0.6 is 0 Å². The number of carbonyl (C=O) groups excluding carboxylic acids is 1. The van der Waals surface area contributed by atoms with Gasteiger partial charge in [-0.3, -0.25) is 4.79 Å². The summed E-state index contributed by atoms with van der Waals surface area (Å²) in [6, 6.07) is 30.8. The Labute approximate surface area is 169 Å². The van der Waals surface area contributed by atoms with Crippen LogP contribution in [-0.2, 0) is 11.2 Å². The van der Waals surface area contributed by atoms with Crippen LogP contribution in [0.1, 0.15) is 5.56 Å². The number of benzene rings is 3. The molecule has 5 heteroatoms. The maximum atomic E-state index is 12.5. The summed E-state index contributed by atoms with van der Waals surface area (Å²) in [6.07, 6.45) is 0.285. The summed E-state index contributed by atoms with van der Waals surface area (Å²) in [5, 5.41) is 6.17. The molecule has 0 saturated carbocycles. The van der Waals surface area contributed by atoms with Gasteiger partial charge in [0.25, 0.3) is 0 Å². The van der Waals surface area contributed by atoms with Crippen molar-refractivity contribution in [2.45, 2.75) is 6.42 Å². The van der Waals surface area contributed by atoms with Crippen molar-refractivity contribution >= 4 is 23.2 Å². The number of anilines is 3. The summed E-state index contributed by atoms with van der Waals surface area (Å²) in [7, 11) is 0. The van der Waals surface area contributed by atoms with E-state index in [9.17, 15) is 4.79 Å². The van der Waals surface area contributed by atoms with Crippen molar-refractivity contribution in [3.05, 3.63) is 103 Å². The van der Waals surface area contributed by atoms with Crippen LogP contribution in [0.25, 0.3) is 11.4 Å². The molecule has 0 spiro atoms. The molecule has 2 N–H and O–H groups in total. The van der Waals surface area contributed by atoms with Crippen LogP contribution in [0.2, 0.25) is 0 Å². The van der Waals surface area contributed by atoms with E-state index in [0.29, 0.717) is 17.5 Å². The molecule has 0 saturated heterocycles. The zero-order valence-electron chi connectivity index (χ0n) is 15.7. The smallest absolute Gasteiger partial charge is 0.229 e. The Kier molecular flexibility index (Phi) is 5.58. The van der Waals surface area contributed by atoms with E-state index >= 15 is 0 Å². The number of rotatable bonds is 6. The Morgan fingerprint density at radius 3 is 2.00 bits per heavy atom. The van der Waals surface area contributed by atoms with Gasteiger partial charge < -0.3 is 10.6 Å². The first-order valence-electron chi connectivity index (χ1n) is 9.37. The number of para-hydroxylation sites is 1. The molecule has 1 aromatic heterocycles. The van der Waals surface area contributed by atoms with Crippen molar-refractivity contribution in [1.29, 1.82) is 0 Å². The number of nitrogens with one attached hydrogen (secondary N) is 2. The minimum atomic E-state index is -0.125. The minimum Gasteiger partial charge on any atom is -0.340 e. The molecule has 0 fully saturated rings. The maximum Gasteiger partial charge on any atom is 0.229 e. The van der Waals surface area contributed by atoms with Crippen LogP contribution in [0.4, 0.5) is 17.3 Å². The van der Waals surface area contributed by atoms with E-state index in [1.807, 2.05) is 91.0 Å². The lowest BCUT2D eigenvalue weighted by molar-refractivity contribution is -0.115. The van der Waals surface area contributed by atoms with Crippen LogP contribution in [-0.4, -0.2) is 15.9 Å². The van der Waals surface area contributed by atoms with Crippen LogP contribution < -0.4 is 10.6 Å². The first kappa shape index (κ1) is 18.4. The highest BCUT2D eigenvalue weighted by Gasteiger charge is 2.10. The highest BCUT2D eigenvalue weighted by molar-refractivity contribution is 5.92. The fourth-order valence-corrected chi connectivity index (χ4v) is 2.93. The van der Waals surface area contributed by atoms with Crippen LogP contribution in [0.5, 0.6) is 0 Å². The molecule has 0 aliphatic carbocycles. The van der Waals surface area contributed by atoms with E-state index < -0.39 is 0 Å². The Balaban J connectivity index is 1.61. The lowest BCUT2D eigenvalue weighted by atomic mass is 10.1. The van der Waals surface area contributed by atoms with Crippen molar-refractivity contribution in [2.24, 2.45) is 0 Å². The van der Waals surface area contributed by atoms with Crippen molar-refractivity contribution in [3.63, 3.8) is 0 Å². The number of amides is 1. The van der Waals surface area contributed by atoms with Gasteiger partial charge >= 0.3 is 0 Å². The molecule has 142 valence electrons. The summed E-state index contributed by atoms with van der Waals surface area (Å²) in [5.74, 6) is 1.49. The molecule has 1 amide bonds. The van der Waals surface area contributed by atoms with Crippen LogP contribution in [0.15, 0.2) is 97.1 Å². The Bertz CT molecular complexity index is 1080. The summed E-state index contributed by atoms with van der Waals surface area (Å²) < 4.78 is 0. The fourth-order valence-electron chi connectivity index (χ4n) is 2.93. The topological polar surface area (TPSA) is 66.9 Å². The third-order valence-electron chi connectivity index (χ3n) is 4.28. The van der Waals surface area contributed by atoms with Crippen LogP contribution in [0.3, 0.4) is 0 Å². The molecule has 1 heterocycles. The van der Waals surface area contributed by atoms with Gasteiger partial charge in [0.05, 0.1) is 6.42 Å². The minimum absolute atomic E-state index is 0.125.